The molecule has 4 rings (SSSR count). The zero-order valence-electron chi connectivity index (χ0n) is 18.6. The minimum absolute atomic E-state index is 0.00424. The number of likely N-dealkylation sites (tertiary alicyclic amines) is 1. The number of nitrogens with one attached hydrogen (secondary N) is 1. The molecule has 0 spiro atoms. The van der Waals surface area contributed by atoms with Gasteiger partial charge in [-0.15, -0.1) is 0 Å². The number of hydrogen-bond acceptors (Lipinski definition) is 5. The van der Waals surface area contributed by atoms with Crippen LogP contribution in [-0.4, -0.2) is 34.4 Å². The van der Waals surface area contributed by atoms with Crippen LogP contribution in [0.4, 0.5) is 0 Å². The fourth-order valence-electron chi connectivity index (χ4n) is 4.06. The lowest BCUT2D eigenvalue weighted by molar-refractivity contribution is -0.117. The molecule has 0 aliphatic carbocycles. The molecule has 3 aromatic rings. The van der Waals surface area contributed by atoms with Crippen LogP contribution >= 0.6 is 11.6 Å². The molecule has 7 heteroatoms. The Hall–Kier alpha value is -3.56. The van der Waals surface area contributed by atoms with E-state index < -0.39 is 0 Å². The molecular formula is C26H25ClN4O2. The van der Waals surface area contributed by atoms with Gasteiger partial charge in [-0.05, 0) is 49.6 Å². The van der Waals surface area contributed by atoms with Crippen LogP contribution in [0.5, 0.6) is 0 Å². The third-order valence-corrected chi connectivity index (χ3v) is 5.98. The van der Waals surface area contributed by atoms with E-state index in [-0.39, 0.29) is 18.0 Å². The number of oxazole rings is 1. The molecule has 1 aliphatic heterocycles. The van der Waals surface area contributed by atoms with Crippen molar-refractivity contribution < 1.29 is 9.21 Å². The second-order valence-corrected chi connectivity index (χ2v) is 8.75. The van der Waals surface area contributed by atoms with Crippen LogP contribution in [0.15, 0.2) is 59.0 Å². The number of carbonyl (C=O) groups is 1. The summed E-state index contributed by atoms with van der Waals surface area (Å²) in [5.41, 5.74) is 3.71. The minimum Gasteiger partial charge on any atom is -0.445 e. The normalized spacial score (nSPS) is 17.9. The van der Waals surface area contributed by atoms with E-state index in [1.165, 1.54) is 6.08 Å². The van der Waals surface area contributed by atoms with Gasteiger partial charge in [0, 0.05) is 41.7 Å². The predicted octanol–water partition coefficient (Wildman–Crippen LogP) is 4.97. The molecule has 1 fully saturated rings. The first-order valence-corrected chi connectivity index (χ1v) is 11.2. The standard InChI is InChI=1S/C26H25ClN4O2/c1-17-12-23(15-31(17)16-28)29-24(32)11-8-19-6-9-21(10-7-19)26-18(2)33-25(30-26)14-20-4-3-5-22(27)13-20/h3-11,13,17,23H,12,14-15H2,1-2H3,(H,29,32)/b11-8+/t17-,23-/m1/s1. The zero-order chi connectivity index (χ0) is 23.4. The van der Waals surface area contributed by atoms with E-state index in [1.807, 2.05) is 62.4 Å². The SMILES string of the molecule is Cc1oc(Cc2cccc(Cl)c2)nc1-c1ccc(/C=C/C(=O)N[C@@H]2C[C@@H](C)N(C#N)C2)cc1. The highest BCUT2D eigenvalue weighted by molar-refractivity contribution is 6.30. The van der Waals surface area contributed by atoms with E-state index in [0.29, 0.717) is 23.9 Å². The maximum atomic E-state index is 12.3. The molecule has 6 nitrogen and oxygen atoms in total. The molecule has 0 unspecified atom stereocenters. The van der Waals surface area contributed by atoms with Crippen molar-refractivity contribution in [3.05, 3.63) is 82.4 Å². The van der Waals surface area contributed by atoms with Crippen LogP contribution in [0.25, 0.3) is 17.3 Å². The maximum Gasteiger partial charge on any atom is 0.244 e. The monoisotopic (exact) mass is 460 g/mol. The molecule has 2 heterocycles. The summed E-state index contributed by atoms with van der Waals surface area (Å²) in [5, 5.41) is 12.7. The lowest BCUT2D eigenvalue weighted by Gasteiger charge is -2.11. The summed E-state index contributed by atoms with van der Waals surface area (Å²) >= 11 is 6.07. The Labute approximate surface area is 198 Å². The predicted molar refractivity (Wildman–Crippen MR) is 128 cm³/mol. The number of aromatic nitrogens is 1. The summed E-state index contributed by atoms with van der Waals surface area (Å²) in [6, 6.07) is 15.6. The summed E-state index contributed by atoms with van der Waals surface area (Å²) in [4.78, 5) is 18.6. The molecule has 1 amide bonds. The minimum atomic E-state index is -0.158. The van der Waals surface area contributed by atoms with E-state index in [4.69, 9.17) is 21.3 Å². The van der Waals surface area contributed by atoms with Crippen molar-refractivity contribution in [1.82, 2.24) is 15.2 Å². The Morgan fingerprint density at radius 3 is 2.82 bits per heavy atom. The van der Waals surface area contributed by atoms with Crippen molar-refractivity contribution in [3.63, 3.8) is 0 Å². The Balaban J connectivity index is 1.38. The van der Waals surface area contributed by atoms with Crippen LogP contribution in [0.1, 0.15) is 36.1 Å². The third kappa shape index (κ3) is 5.63. The zero-order valence-corrected chi connectivity index (χ0v) is 19.3. The molecule has 1 saturated heterocycles. The summed E-state index contributed by atoms with van der Waals surface area (Å²) < 4.78 is 5.86. The van der Waals surface area contributed by atoms with Gasteiger partial charge in [0.1, 0.15) is 11.5 Å². The molecule has 33 heavy (non-hydrogen) atoms. The number of rotatable bonds is 6. The number of aryl methyl sites for hydroxylation is 1. The maximum absolute atomic E-state index is 12.3. The number of halogens is 1. The summed E-state index contributed by atoms with van der Waals surface area (Å²) in [6.45, 7) is 4.45. The van der Waals surface area contributed by atoms with E-state index in [0.717, 1.165) is 34.6 Å². The Kier molecular flexibility index (Phi) is 6.81. The van der Waals surface area contributed by atoms with Crippen molar-refractivity contribution >= 4 is 23.6 Å². The average Bonchev–Trinajstić information content (AvgIpc) is 3.33. The first kappa shape index (κ1) is 22.6. The van der Waals surface area contributed by atoms with Gasteiger partial charge in [-0.25, -0.2) is 4.98 Å². The lowest BCUT2D eigenvalue weighted by atomic mass is 10.1. The fourth-order valence-corrected chi connectivity index (χ4v) is 4.28. The van der Waals surface area contributed by atoms with E-state index in [2.05, 4.69) is 16.5 Å². The van der Waals surface area contributed by atoms with Crippen molar-refractivity contribution in [2.75, 3.05) is 6.54 Å². The lowest BCUT2D eigenvalue weighted by Crippen LogP contribution is -2.35. The van der Waals surface area contributed by atoms with Gasteiger partial charge in [-0.1, -0.05) is 48.0 Å². The summed E-state index contributed by atoms with van der Waals surface area (Å²) in [5.74, 6) is 1.24. The van der Waals surface area contributed by atoms with Crippen LogP contribution in [0.2, 0.25) is 5.02 Å². The molecule has 2 aromatic carbocycles. The second kappa shape index (κ2) is 9.93. The Bertz CT molecular complexity index is 1210. The molecule has 0 bridgehead atoms. The molecule has 0 saturated carbocycles. The molecule has 2 atom stereocenters. The highest BCUT2D eigenvalue weighted by atomic mass is 35.5. The first-order valence-electron chi connectivity index (χ1n) is 10.9. The highest BCUT2D eigenvalue weighted by Gasteiger charge is 2.28. The Morgan fingerprint density at radius 2 is 2.12 bits per heavy atom. The van der Waals surface area contributed by atoms with E-state index in [1.54, 1.807) is 11.0 Å². The van der Waals surface area contributed by atoms with E-state index in [9.17, 15) is 4.79 Å². The van der Waals surface area contributed by atoms with Crippen LogP contribution in [0.3, 0.4) is 0 Å². The third-order valence-electron chi connectivity index (χ3n) is 5.75. The van der Waals surface area contributed by atoms with Crippen LogP contribution in [-0.2, 0) is 11.2 Å². The fraction of sp³-hybridized carbons (Fsp3) is 0.269. The van der Waals surface area contributed by atoms with Gasteiger partial charge in [0.25, 0.3) is 0 Å². The van der Waals surface area contributed by atoms with Crippen molar-refractivity contribution in [3.8, 4) is 17.5 Å². The van der Waals surface area contributed by atoms with Crippen molar-refractivity contribution in [1.29, 1.82) is 5.26 Å². The second-order valence-electron chi connectivity index (χ2n) is 8.32. The number of nitriles is 1. The highest BCUT2D eigenvalue weighted by Crippen LogP contribution is 2.25. The molecule has 0 radical (unpaired) electrons. The molecule has 1 aromatic heterocycles. The summed E-state index contributed by atoms with van der Waals surface area (Å²) in [7, 11) is 0. The van der Waals surface area contributed by atoms with Gasteiger partial charge >= 0.3 is 0 Å². The van der Waals surface area contributed by atoms with Gasteiger partial charge in [-0.2, -0.15) is 5.26 Å². The van der Waals surface area contributed by atoms with Crippen molar-refractivity contribution in [2.24, 2.45) is 0 Å². The smallest absolute Gasteiger partial charge is 0.244 e. The number of carbonyl (C=O) groups excluding carboxylic acids is 1. The summed E-state index contributed by atoms with van der Waals surface area (Å²) in [6.07, 6.45) is 6.81. The molecule has 1 aliphatic rings. The van der Waals surface area contributed by atoms with Gasteiger partial charge in [-0.3, -0.25) is 4.79 Å². The molecule has 1 N–H and O–H groups in total. The Morgan fingerprint density at radius 1 is 1.33 bits per heavy atom. The quantitative estimate of drug-likeness (QED) is 0.415. The molecular weight excluding hydrogens is 436 g/mol. The largest absolute Gasteiger partial charge is 0.445 e. The van der Waals surface area contributed by atoms with E-state index >= 15 is 0 Å². The van der Waals surface area contributed by atoms with Crippen LogP contribution < -0.4 is 5.32 Å². The molecule has 168 valence electrons. The number of hydrogen-bond donors (Lipinski definition) is 1. The number of amides is 1. The van der Waals surface area contributed by atoms with Gasteiger partial charge < -0.3 is 14.6 Å². The van der Waals surface area contributed by atoms with Gasteiger partial charge in [0.15, 0.2) is 12.1 Å². The number of nitrogens with zero attached hydrogens (tertiary/aromatic N) is 3. The topological polar surface area (TPSA) is 82.2 Å². The average molecular weight is 461 g/mol. The van der Waals surface area contributed by atoms with Crippen LogP contribution in [0, 0.1) is 18.4 Å². The van der Waals surface area contributed by atoms with Gasteiger partial charge in [0.05, 0.1) is 0 Å². The van der Waals surface area contributed by atoms with Crippen molar-refractivity contribution in [2.45, 2.75) is 38.8 Å². The number of benzene rings is 2. The first-order chi connectivity index (χ1) is 15.9. The van der Waals surface area contributed by atoms with Gasteiger partial charge in [0.2, 0.25) is 5.91 Å².